The molecule has 0 aliphatic rings. The summed E-state index contributed by atoms with van der Waals surface area (Å²) in [4.78, 5) is 9.13. The van der Waals surface area contributed by atoms with Gasteiger partial charge in [-0.15, -0.1) is 0 Å². The Kier molecular flexibility index (Phi) is 9.76. The van der Waals surface area contributed by atoms with Crippen LogP contribution in [-0.2, 0) is 11.3 Å². The van der Waals surface area contributed by atoms with E-state index in [2.05, 4.69) is 28.8 Å². The highest BCUT2D eigenvalue weighted by atomic mass is 16.6. The van der Waals surface area contributed by atoms with Crippen LogP contribution in [-0.4, -0.2) is 31.5 Å². The summed E-state index contributed by atoms with van der Waals surface area (Å²) in [5, 5.41) is 3.74. The minimum atomic E-state index is 0.591. The summed E-state index contributed by atoms with van der Waals surface area (Å²) >= 11 is 0. The topological polar surface area (TPSA) is 52.9 Å². The molecule has 156 valence electrons. The molecule has 2 aromatic rings. The standard InChI is InChI=1S/C24H32N2O3/c1-5-6-13-28-23-15-19(2)24(20(3)16-23)29-14-9-7-8-10-22-12-11-21(17-25-22)18-26-27-4/h5-6,11-12,15-18H,7-10,13-14H2,1-4H3/b6-5+,26-18+. The number of aromatic nitrogens is 1. The van der Waals surface area contributed by atoms with E-state index in [0.29, 0.717) is 6.61 Å². The summed E-state index contributed by atoms with van der Waals surface area (Å²) in [6, 6.07) is 8.13. The van der Waals surface area contributed by atoms with Gasteiger partial charge in [0, 0.05) is 17.5 Å². The highest BCUT2D eigenvalue weighted by Crippen LogP contribution is 2.28. The number of benzene rings is 1. The third-order valence-electron chi connectivity index (χ3n) is 4.49. The largest absolute Gasteiger partial charge is 0.493 e. The lowest BCUT2D eigenvalue weighted by Crippen LogP contribution is -2.02. The molecule has 0 unspecified atom stereocenters. The molecule has 0 aliphatic heterocycles. The van der Waals surface area contributed by atoms with E-state index in [1.807, 2.05) is 49.5 Å². The van der Waals surface area contributed by atoms with Gasteiger partial charge in [-0.3, -0.25) is 4.98 Å². The minimum absolute atomic E-state index is 0.591. The van der Waals surface area contributed by atoms with Crippen LogP contribution >= 0.6 is 0 Å². The first-order chi connectivity index (χ1) is 14.1. The van der Waals surface area contributed by atoms with Gasteiger partial charge in [0.2, 0.25) is 0 Å². The first-order valence-electron chi connectivity index (χ1n) is 10.1. The SMILES string of the molecule is C/C=C/COc1cc(C)c(OCCCCCc2ccc(/C=N/OC)cn2)c(C)c1. The summed E-state index contributed by atoms with van der Waals surface area (Å²) in [5.41, 5.74) is 4.26. The first-order valence-corrected chi connectivity index (χ1v) is 10.1. The lowest BCUT2D eigenvalue weighted by atomic mass is 10.1. The Morgan fingerprint density at radius 3 is 2.48 bits per heavy atom. The molecule has 5 nitrogen and oxygen atoms in total. The second-order valence-electron chi connectivity index (χ2n) is 6.93. The lowest BCUT2D eigenvalue weighted by molar-refractivity contribution is 0.215. The number of allylic oxidation sites excluding steroid dienone is 1. The molecule has 1 aromatic carbocycles. The van der Waals surface area contributed by atoms with Crippen molar-refractivity contribution in [3.63, 3.8) is 0 Å². The van der Waals surface area contributed by atoms with Gasteiger partial charge >= 0.3 is 0 Å². The Hall–Kier alpha value is -2.82. The van der Waals surface area contributed by atoms with Gasteiger partial charge in [0.15, 0.2) is 0 Å². The summed E-state index contributed by atoms with van der Waals surface area (Å²) in [7, 11) is 1.53. The van der Waals surface area contributed by atoms with E-state index >= 15 is 0 Å². The average Bonchev–Trinajstić information content (AvgIpc) is 2.71. The van der Waals surface area contributed by atoms with Gasteiger partial charge < -0.3 is 14.3 Å². The van der Waals surface area contributed by atoms with E-state index in [1.54, 1.807) is 6.21 Å². The number of rotatable bonds is 12. The van der Waals surface area contributed by atoms with Gasteiger partial charge in [0.25, 0.3) is 0 Å². The lowest BCUT2D eigenvalue weighted by Gasteiger charge is -2.14. The summed E-state index contributed by atoms with van der Waals surface area (Å²) in [6.45, 7) is 7.44. The highest BCUT2D eigenvalue weighted by Gasteiger charge is 2.07. The molecule has 29 heavy (non-hydrogen) atoms. The number of pyridine rings is 1. The van der Waals surface area contributed by atoms with Crippen LogP contribution in [0.1, 0.15) is 48.6 Å². The predicted molar refractivity (Wildman–Crippen MR) is 118 cm³/mol. The second-order valence-corrected chi connectivity index (χ2v) is 6.93. The van der Waals surface area contributed by atoms with E-state index in [4.69, 9.17) is 9.47 Å². The van der Waals surface area contributed by atoms with Crippen molar-refractivity contribution in [2.75, 3.05) is 20.3 Å². The van der Waals surface area contributed by atoms with Gasteiger partial charge in [0.1, 0.15) is 25.2 Å². The minimum Gasteiger partial charge on any atom is -0.493 e. The van der Waals surface area contributed by atoms with Gasteiger partial charge in [0.05, 0.1) is 12.8 Å². The zero-order valence-corrected chi connectivity index (χ0v) is 18.0. The third kappa shape index (κ3) is 7.98. The van der Waals surface area contributed by atoms with Crippen molar-refractivity contribution in [3.8, 4) is 11.5 Å². The van der Waals surface area contributed by atoms with E-state index in [1.165, 1.54) is 7.11 Å². The highest BCUT2D eigenvalue weighted by molar-refractivity contribution is 5.78. The molecule has 0 bridgehead atoms. The zero-order valence-electron chi connectivity index (χ0n) is 18.0. The Labute approximate surface area is 174 Å². The Balaban J connectivity index is 1.70. The number of hydrogen-bond donors (Lipinski definition) is 0. The number of hydrogen-bond acceptors (Lipinski definition) is 5. The van der Waals surface area contributed by atoms with Crippen molar-refractivity contribution >= 4 is 6.21 Å². The monoisotopic (exact) mass is 396 g/mol. The molecular weight excluding hydrogens is 364 g/mol. The van der Waals surface area contributed by atoms with Crippen molar-refractivity contribution in [2.45, 2.75) is 46.5 Å². The molecule has 0 N–H and O–H groups in total. The fraction of sp³-hybridized carbons (Fsp3) is 0.417. The van der Waals surface area contributed by atoms with Gasteiger partial charge in [-0.05, 0) is 81.8 Å². The van der Waals surface area contributed by atoms with Crippen molar-refractivity contribution in [1.29, 1.82) is 0 Å². The molecule has 0 fully saturated rings. The maximum atomic E-state index is 6.04. The summed E-state index contributed by atoms with van der Waals surface area (Å²) in [6.07, 6.45) is 11.6. The fourth-order valence-corrected chi connectivity index (χ4v) is 3.00. The third-order valence-corrected chi connectivity index (χ3v) is 4.49. The molecule has 5 heteroatoms. The van der Waals surface area contributed by atoms with Crippen molar-refractivity contribution in [2.24, 2.45) is 5.16 Å². The van der Waals surface area contributed by atoms with Gasteiger partial charge in [-0.2, -0.15) is 0 Å². The van der Waals surface area contributed by atoms with Gasteiger partial charge in [-0.25, -0.2) is 0 Å². The maximum Gasteiger partial charge on any atom is 0.125 e. The molecule has 0 saturated carbocycles. The van der Waals surface area contributed by atoms with E-state index < -0.39 is 0 Å². The quantitative estimate of drug-likeness (QED) is 0.208. The Bertz CT molecular complexity index is 775. The van der Waals surface area contributed by atoms with Crippen molar-refractivity contribution < 1.29 is 14.3 Å². The zero-order chi connectivity index (χ0) is 20.9. The van der Waals surface area contributed by atoms with Crippen molar-refractivity contribution in [3.05, 3.63) is 65.0 Å². The molecule has 1 aromatic heterocycles. The fourth-order valence-electron chi connectivity index (χ4n) is 3.00. The van der Waals surface area contributed by atoms with Gasteiger partial charge in [-0.1, -0.05) is 17.3 Å². The normalized spacial score (nSPS) is 11.3. The molecule has 0 amide bonds. The summed E-state index contributed by atoms with van der Waals surface area (Å²) < 4.78 is 11.8. The Morgan fingerprint density at radius 1 is 1.03 bits per heavy atom. The molecule has 0 radical (unpaired) electrons. The van der Waals surface area contributed by atoms with Crippen LogP contribution in [0.25, 0.3) is 0 Å². The number of aryl methyl sites for hydroxylation is 3. The van der Waals surface area contributed by atoms with Crippen LogP contribution in [0.3, 0.4) is 0 Å². The van der Waals surface area contributed by atoms with Crippen LogP contribution in [0, 0.1) is 13.8 Å². The number of oxime groups is 1. The predicted octanol–water partition coefficient (Wildman–Crippen LogP) is 5.43. The molecular formula is C24H32N2O3. The summed E-state index contributed by atoms with van der Waals surface area (Å²) in [5.74, 6) is 1.86. The van der Waals surface area contributed by atoms with Crippen LogP contribution in [0.15, 0.2) is 47.8 Å². The molecule has 0 atom stereocenters. The van der Waals surface area contributed by atoms with Crippen LogP contribution in [0.2, 0.25) is 0 Å². The van der Waals surface area contributed by atoms with Crippen LogP contribution in [0.4, 0.5) is 0 Å². The maximum absolute atomic E-state index is 6.04. The first kappa shape index (κ1) is 22.5. The van der Waals surface area contributed by atoms with E-state index in [0.717, 1.165) is 66.2 Å². The van der Waals surface area contributed by atoms with E-state index in [9.17, 15) is 0 Å². The number of ether oxygens (including phenoxy) is 2. The van der Waals surface area contributed by atoms with Crippen molar-refractivity contribution in [1.82, 2.24) is 4.98 Å². The molecule has 2 rings (SSSR count). The number of unbranched alkanes of at least 4 members (excludes halogenated alkanes) is 2. The average molecular weight is 397 g/mol. The molecule has 0 spiro atoms. The smallest absolute Gasteiger partial charge is 0.125 e. The molecule has 1 heterocycles. The molecule has 0 saturated heterocycles. The van der Waals surface area contributed by atoms with Crippen LogP contribution in [0.5, 0.6) is 11.5 Å². The number of nitrogens with zero attached hydrogens (tertiary/aromatic N) is 2. The Morgan fingerprint density at radius 2 is 1.83 bits per heavy atom. The van der Waals surface area contributed by atoms with Crippen LogP contribution < -0.4 is 9.47 Å². The van der Waals surface area contributed by atoms with E-state index in [-0.39, 0.29) is 0 Å². The molecule has 0 aliphatic carbocycles. The second kappa shape index (κ2) is 12.6.